The molecule has 0 heterocycles. The van der Waals surface area contributed by atoms with Crippen LogP contribution in [-0.4, -0.2) is 20.1 Å². The lowest BCUT2D eigenvalue weighted by atomic mass is 10.1. The fourth-order valence-electron chi connectivity index (χ4n) is 2.15. The van der Waals surface area contributed by atoms with Crippen molar-refractivity contribution < 1.29 is 17.9 Å². The first-order chi connectivity index (χ1) is 11.9. The van der Waals surface area contributed by atoms with Crippen molar-refractivity contribution in [3.05, 3.63) is 65.2 Å². The molecule has 0 atom stereocenters. The highest BCUT2D eigenvalue weighted by Gasteiger charge is 2.29. The van der Waals surface area contributed by atoms with Gasteiger partial charge in [-0.25, -0.2) is 0 Å². The zero-order valence-corrected chi connectivity index (χ0v) is 14.0. The van der Waals surface area contributed by atoms with Gasteiger partial charge in [0.15, 0.2) is 5.96 Å². The number of alkyl halides is 3. The van der Waals surface area contributed by atoms with Crippen molar-refractivity contribution in [2.45, 2.75) is 19.3 Å². The van der Waals surface area contributed by atoms with Gasteiger partial charge in [0.2, 0.25) is 0 Å². The molecule has 7 heteroatoms. The van der Waals surface area contributed by atoms with E-state index in [-0.39, 0.29) is 0 Å². The third-order valence-electron chi connectivity index (χ3n) is 3.58. The van der Waals surface area contributed by atoms with Gasteiger partial charge in [-0.2, -0.15) is 13.2 Å². The quantitative estimate of drug-likeness (QED) is 0.639. The van der Waals surface area contributed by atoms with Crippen molar-refractivity contribution in [1.29, 1.82) is 0 Å². The summed E-state index contributed by atoms with van der Waals surface area (Å²) in [4.78, 5) is 4.10. The van der Waals surface area contributed by atoms with Gasteiger partial charge in [-0.05, 0) is 35.4 Å². The van der Waals surface area contributed by atoms with Crippen molar-refractivity contribution >= 4 is 5.96 Å². The summed E-state index contributed by atoms with van der Waals surface area (Å²) in [6.45, 7) is 0.942. The summed E-state index contributed by atoms with van der Waals surface area (Å²) in [6, 6.07) is 12.7. The summed E-state index contributed by atoms with van der Waals surface area (Å²) in [5.41, 5.74) is 1.14. The molecule has 4 nitrogen and oxygen atoms in total. The molecule has 0 spiro atoms. The van der Waals surface area contributed by atoms with Crippen LogP contribution in [0.5, 0.6) is 5.75 Å². The van der Waals surface area contributed by atoms with Crippen LogP contribution in [0.25, 0.3) is 0 Å². The van der Waals surface area contributed by atoms with Gasteiger partial charge in [0.05, 0.1) is 12.7 Å². The number of halogens is 3. The Bertz CT molecular complexity index is 695. The van der Waals surface area contributed by atoms with Crippen LogP contribution in [0.4, 0.5) is 13.2 Å². The Morgan fingerprint density at radius 2 is 1.40 bits per heavy atom. The van der Waals surface area contributed by atoms with Gasteiger partial charge in [-0.3, -0.25) is 4.99 Å². The highest BCUT2D eigenvalue weighted by molar-refractivity contribution is 5.79. The first-order valence-corrected chi connectivity index (χ1v) is 7.66. The van der Waals surface area contributed by atoms with E-state index in [1.807, 2.05) is 24.3 Å². The maximum absolute atomic E-state index is 12.5. The highest BCUT2D eigenvalue weighted by atomic mass is 19.4. The number of nitrogens with zero attached hydrogens (tertiary/aromatic N) is 1. The lowest BCUT2D eigenvalue weighted by molar-refractivity contribution is -0.137. The fourth-order valence-corrected chi connectivity index (χ4v) is 2.15. The van der Waals surface area contributed by atoms with Crippen molar-refractivity contribution in [3.8, 4) is 5.75 Å². The van der Waals surface area contributed by atoms with Gasteiger partial charge in [0.25, 0.3) is 0 Å². The molecule has 134 valence electrons. The summed E-state index contributed by atoms with van der Waals surface area (Å²) >= 11 is 0. The molecule has 0 saturated carbocycles. The van der Waals surface area contributed by atoms with Crippen molar-refractivity contribution in [2.75, 3.05) is 14.2 Å². The second kappa shape index (κ2) is 8.41. The van der Waals surface area contributed by atoms with Crippen LogP contribution >= 0.6 is 0 Å². The zero-order valence-electron chi connectivity index (χ0n) is 14.0. The molecule has 0 amide bonds. The van der Waals surface area contributed by atoms with Gasteiger partial charge in [-0.1, -0.05) is 24.3 Å². The van der Waals surface area contributed by atoms with Crippen LogP contribution < -0.4 is 15.4 Å². The largest absolute Gasteiger partial charge is 0.497 e. The number of methoxy groups -OCH3 is 1. The minimum absolute atomic E-state index is 0.375. The van der Waals surface area contributed by atoms with E-state index in [0.717, 1.165) is 29.0 Å². The molecule has 0 radical (unpaired) electrons. The van der Waals surface area contributed by atoms with Crippen LogP contribution in [0.3, 0.4) is 0 Å². The van der Waals surface area contributed by atoms with E-state index in [9.17, 15) is 13.2 Å². The van der Waals surface area contributed by atoms with Crippen molar-refractivity contribution in [1.82, 2.24) is 10.6 Å². The van der Waals surface area contributed by atoms with Gasteiger partial charge in [-0.15, -0.1) is 0 Å². The Labute approximate surface area is 144 Å². The molecule has 0 aliphatic heterocycles. The topological polar surface area (TPSA) is 45.7 Å². The molecule has 0 saturated heterocycles. The van der Waals surface area contributed by atoms with Crippen LogP contribution in [0.1, 0.15) is 16.7 Å². The molecular formula is C18H20F3N3O. The third-order valence-corrected chi connectivity index (χ3v) is 3.58. The predicted molar refractivity (Wildman–Crippen MR) is 91.5 cm³/mol. The number of aliphatic imine (C=N–C) groups is 1. The maximum atomic E-state index is 12.5. The monoisotopic (exact) mass is 351 g/mol. The molecule has 25 heavy (non-hydrogen) atoms. The molecule has 0 fully saturated rings. The molecule has 2 aromatic rings. The van der Waals surface area contributed by atoms with Crippen LogP contribution in [0.2, 0.25) is 0 Å². The number of nitrogens with one attached hydrogen (secondary N) is 2. The summed E-state index contributed by atoms with van der Waals surface area (Å²) in [7, 11) is 3.25. The minimum Gasteiger partial charge on any atom is -0.497 e. The van der Waals surface area contributed by atoms with Gasteiger partial charge in [0.1, 0.15) is 5.75 Å². The normalized spacial score (nSPS) is 12.0. The first-order valence-electron chi connectivity index (χ1n) is 7.66. The highest BCUT2D eigenvalue weighted by Crippen LogP contribution is 2.29. The standard InChI is InChI=1S/C18H20F3N3O/c1-22-17(24-12-14-5-9-16(25-2)10-6-14)23-11-13-3-7-15(8-4-13)18(19,20)21/h3-10H,11-12H2,1-2H3,(H2,22,23,24). The van der Waals surface area contributed by atoms with E-state index in [1.165, 1.54) is 12.1 Å². The van der Waals surface area contributed by atoms with E-state index in [4.69, 9.17) is 4.74 Å². The van der Waals surface area contributed by atoms with E-state index in [1.54, 1.807) is 14.2 Å². The second-order valence-corrected chi connectivity index (χ2v) is 5.32. The summed E-state index contributed by atoms with van der Waals surface area (Å²) in [5, 5.41) is 6.22. The summed E-state index contributed by atoms with van der Waals surface area (Å²) < 4.78 is 42.7. The number of hydrogen-bond donors (Lipinski definition) is 2. The van der Waals surface area contributed by atoms with Crippen LogP contribution in [0, 0.1) is 0 Å². The Balaban J connectivity index is 1.85. The number of benzene rings is 2. The Hall–Kier alpha value is -2.70. The van der Waals surface area contributed by atoms with E-state index in [0.29, 0.717) is 19.0 Å². The van der Waals surface area contributed by atoms with E-state index >= 15 is 0 Å². The SMILES string of the molecule is CN=C(NCc1ccc(OC)cc1)NCc1ccc(C(F)(F)F)cc1. The first kappa shape index (κ1) is 18.6. The fraction of sp³-hybridized carbons (Fsp3) is 0.278. The maximum Gasteiger partial charge on any atom is 0.416 e. The molecule has 0 unspecified atom stereocenters. The van der Waals surface area contributed by atoms with E-state index in [2.05, 4.69) is 15.6 Å². The van der Waals surface area contributed by atoms with Crippen LogP contribution in [0.15, 0.2) is 53.5 Å². The molecule has 0 bridgehead atoms. The molecular weight excluding hydrogens is 331 g/mol. The average Bonchev–Trinajstić information content (AvgIpc) is 2.62. The minimum atomic E-state index is -4.32. The number of ether oxygens (including phenoxy) is 1. The molecule has 2 rings (SSSR count). The summed E-state index contributed by atoms with van der Waals surface area (Å²) in [5.74, 6) is 1.35. The zero-order chi connectivity index (χ0) is 18.3. The van der Waals surface area contributed by atoms with Crippen LogP contribution in [-0.2, 0) is 19.3 Å². The van der Waals surface area contributed by atoms with Crippen molar-refractivity contribution in [2.24, 2.45) is 4.99 Å². The third kappa shape index (κ3) is 5.70. The number of guanidine groups is 1. The lowest BCUT2D eigenvalue weighted by Crippen LogP contribution is -2.36. The molecule has 2 aromatic carbocycles. The lowest BCUT2D eigenvalue weighted by Gasteiger charge is -2.13. The van der Waals surface area contributed by atoms with E-state index < -0.39 is 11.7 Å². The van der Waals surface area contributed by atoms with Gasteiger partial charge >= 0.3 is 6.18 Å². The molecule has 2 N–H and O–H groups in total. The van der Waals surface area contributed by atoms with Crippen molar-refractivity contribution in [3.63, 3.8) is 0 Å². The average molecular weight is 351 g/mol. The predicted octanol–water partition coefficient (Wildman–Crippen LogP) is 3.58. The smallest absolute Gasteiger partial charge is 0.416 e. The van der Waals surface area contributed by atoms with Gasteiger partial charge < -0.3 is 15.4 Å². The number of hydrogen-bond acceptors (Lipinski definition) is 2. The Kier molecular flexibility index (Phi) is 6.27. The Morgan fingerprint density at radius 3 is 1.80 bits per heavy atom. The molecule has 0 aliphatic rings. The molecule has 0 aromatic heterocycles. The van der Waals surface area contributed by atoms with Gasteiger partial charge in [0, 0.05) is 20.1 Å². The number of rotatable bonds is 5. The second-order valence-electron chi connectivity index (χ2n) is 5.32. The Morgan fingerprint density at radius 1 is 0.920 bits per heavy atom. The molecule has 0 aliphatic carbocycles. The summed E-state index contributed by atoms with van der Waals surface area (Å²) in [6.07, 6.45) is -4.32.